The third-order valence-electron chi connectivity index (χ3n) is 3.07. The molecule has 7 heteroatoms. The number of benzene rings is 2. The van der Waals surface area contributed by atoms with Gasteiger partial charge in [0.25, 0.3) is 5.69 Å². The lowest BCUT2D eigenvalue weighted by Gasteiger charge is -2.07. The zero-order valence-electron chi connectivity index (χ0n) is 12.0. The minimum absolute atomic E-state index is 0.0270. The van der Waals surface area contributed by atoms with Gasteiger partial charge in [0, 0.05) is 12.1 Å². The van der Waals surface area contributed by atoms with Crippen molar-refractivity contribution < 1.29 is 14.8 Å². The summed E-state index contributed by atoms with van der Waals surface area (Å²) in [5.41, 5.74) is 1.29. The van der Waals surface area contributed by atoms with Crippen LogP contribution in [-0.2, 0) is 0 Å². The van der Waals surface area contributed by atoms with Gasteiger partial charge in [-0.05, 0) is 51.9 Å². The van der Waals surface area contributed by atoms with Crippen LogP contribution < -0.4 is 4.74 Å². The lowest BCUT2D eigenvalue weighted by molar-refractivity contribution is -0.384. The van der Waals surface area contributed by atoms with Gasteiger partial charge >= 0.3 is 0 Å². The molecule has 23 heavy (non-hydrogen) atoms. The van der Waals surface area contributed by atoms with Crippen LogP contribution in [0.4, 0.5) is 5.69 Å². The van der Waals surface area contributed by atoms with Gasteiger partial charge in [-0.3, -0.25) is 10.1 Å². The summed E-state index contributed by atoms with van der Waals surface area (Å²) in [5.74, 6) is 0.318. The zero-order chi connectivity index (χ0) is 17.0. The highest BCUT2D eigenvalue weighted by Crippen LogP contribution is 2.33. The predicted octanol–water partition coefficient (Wildman–Crippen LogP) is 3.98. The topological polar surface area (TPSA) is 96.4 Å². The van der Waals surface area contributed by atoms with Crippen LogP contribution >= 0.6 is 22.6 Å². The summed E-state index contributed by atoms with van der Waals surface area (Å²) < 4.78 is 5.66. The fraction of sp³-hybridized carbons (Fsp3) is 0.0625. The van der Waals surface area contributed by atoms with Crippen molar-refractivity contribution in [3.8, 4) is 17.6 Å². The van der Waals surface area contributed by atoms with Crippen LogP contribution in [0.5, 0.6) is 11.5 Å². The van der Waals surface area contributed by atoms with Gasteiger partial charge in [-0.1, -0.05) is 12.1 Å². The van der Waals surface area contributed by atoms with Crippen molar-refractivity contribution in [1.82, 2.24) is 0 Å². The van der Waals surface area contributed by atoms with Gasteiger partial charge in [-0.15, -0.1) is 0 Å². The maximum atomic E-state index is 10.8. The summed E-state index contributed by atoms with van der Waals surface area (Å²) >= 11 is 1.95. The molecular weight excluding hydrogens is 411 g/mol. The first kappa shape index (κ1) is 16.8. The van der Waals surface area contributed by atoms with Gasteiger partial charge in [0.2, 0.25) is 0 Å². The number of nitrogens with zero attached hydrogens (tertiary/aromatic N) is 2. The fourth-order valence-corrected chi connectivity index (χ4v) is 2.59. The summed E-state index contributed by atoms with van der Waals surface area (Å²) in [4.78, 5) is 10.3. The largest absolute Gasteiger partial charge is 0.504 e. The van der Waals surface area contributed by atoms with E-state index in [2.05, 4.69) is 0 Å². The number of rotatable bonds is 4. The molecule has 0 atom stereocenters. The predicted molar refractivity (Wildman–Crippen MR) is 94.0 cm³/mol. The molecule has 2 rings (SSSR count). The van der Waals surface area contributed by atoms with E-state index in [0.717, 1.165) is 0 Å². The Balaban J connectivity index is 2.52. The highest BCUT2D eigenvalue weighted by Gasteiger charge is 2.11. The van der Waals surface area contributed by atoms with E-state index in [1.54, 1.807) is 24.3 Å². The van der Waals surface area contributed by atoms with Crippen molar-refractivity contribution in [2.24, 2.45) is 0 Å². The number of hydrogen-bond donors (Lipinski definition) is 1. The molecule has 0 radical (unpaired) electrons. The molecule has 0 spiro atoms. The number of nitro groups is 1. The number of allylic oxidation sites excluding steroid dienone is 1. The van der Waals surface area contributed by atoms with E-state index in [4.69, 9.17) is 4.74 Å². The minimum atomic E-state index is -0.509. The van der Waals surface area contributed by atoms with Gasteiger partial charge in [-0.2, -0.15) is 5.26 Å². The molecule has 0 aromatic heterocycles. The van der Waals surface area contributed by atoms with E-state index < -0.39 is 4.92 Å². The van der Waals surface area contributed by atoms with Crippen LogP contribution in [0.3, 0.4) is 0 Å². The smallest absolute Gasteiger partial charge is 0.270 e. The molecule has 0 bridgehead atoms. The molecule has 0 aliphatic heterocycles. The number of nitro benzene ring substituents is 1. The van der Waals surface area contributed by atoms with Crippen LogP contribution in [0.25, 0.3) is 11.6 Å². The van der Waals surface area contributed by atoms with E-state index in [9.17, 15) is 20.5 Å². The Morgan fingerprint density at radius 3 is 2.78 bits per heavy atom. The lowest BCUT2D eigenvalue weighted by Crippen LogP contribution is -1.90. The minimum Gasteiger partial charge on any atom is -0.504 e. The molecule has 1 N–H and O–H groups in total. The van der Waals surface area contributed by atoms with Gasteiger partial charge < -0.3 is 9.84 Å². The van der Waals surface area contributed by atoms with Crippen LogP contribution in [0.1, 0.15) is 11.1 Å². The van der Waals surface area contributed by atoms with Crippen molar-refractivity contribution >= 4 is 39.9 Å². The van der Waals surface area contributed by atoms with E-state index in [1.807, 2.05) is 28.7 Å². The first-order valence-corrected chi connectivity index (χ1v) is 7.47. The second-order valence-corrected chi connectivity index (χ2v) is 5.69. The first-order chi connectivity index (χ1) is 11.0. The summed E-state index contributed by atoms with van der Waals surface area (Å²) in [6, 6.07) is 11.2. The fourth-order valence-electron chi connectivity index (χ4n) is 1.97. The third-order valence-corrected chi connectivity index (χ3v) is 3.89. The SMILES string of the molecule is COc1cc(/C=C(/C#N)c2cccc([N+](=O)[O-])c2)cc(I)c1O. The monoisotopic (exact) mass is 422 g/mol. The normalized spacial score (nSPS) is 10.9. The molecule has 0 saturated heterocycles. The summed E-state index contributed by atoms with van der Waals surface area (Å²) in [6.45, 7) is 0. The average molecular weight is 422 g/mol. The van der Waals surface area contributed by atoms with Crippen molar-refractivity contribution in [3.05, 3.63) is 61.2 Å². The standard InChI is InChI=1S/C16H11IN2O4/c1-23-15-7-10(6-14(17)16(15)20)5-12(9-18)11-3-2-4-13(8-11)19(21)22/h2-8,20H,1H3/b12-5-. The molecule has 2 aromatic rings. The Morgan fingerprint density at radius 2 is 2.17 bits per heavy atom. The number of halogens is 1. The molecule has 2 aromatic carbocycles. The average Bonchev–Trinajstić information content (AvgIpc) is 2.55. The molecular formula is C16H11IN2O4. The number of aromatic hydroxyl groups is 1. The van der Waals surface area contributed by atoms with Gasteiger partial charge in [-0.25, -0.2) is 0 Å². The molecule has 0 amide bonds. The Kier molecular flexibility index (Phi) is 5.18. The number of methoxy groups -OCH3 is 1. The van der Waals surface area contributed by atoms with Gasteiger partial charge in [0.15, 0.2) is 11.5 Å². The Hall–Kier alpha value is -2.60. The zero-order valence-corrected chi connectivity index (χ0v) is 14.1. The molecule has 0 saturated carbocycles. The van der Waals surface area contributed by atoms with E-state index in [0.29, 0.717) is 20.4 Å². The number of non-ortho nitro benzene ring substituents is 1. The number of phenolic OH excluding ortho intramolecular Hbond substituents is 1. The van der Waals surface area contributed by atoms with E-state index in [1.165, 1.54) is 25.3 Å². The lowest BCUT2D eigenvalue weighted by atomic mass is 10.0. The third kappa shape index (κ3) is 3.78. The van der Waals surface area contributed by atoms with E-state index in [-0.39, 0.29) is 17.0 Å². The second-order valence-electron chi connectivity index (χ2n) is 4.53. The maximum absolute atomic E-state index is 10.8. The number of nitriles is 1. The van der Waals surface area contributed by atoms with Crippen LogP contribution in [0.2, 0.25) is 0 Å². The van der Waals surface area contributed by atoms with Crippen LogP contribution in [0, 0.1) is 25.0 Å². The van der Waals surface area contributed by atoms with Crippen molar-refractivity contribution in [2.45, 2.75) is 0 Å². The van der Waals surface area contributed by atoms with Crippen molar-refractivity contribution in [3.63, 3.8) is 0 Å². The Bertz CT molecular complexity index is 840. The molecule has 0 aliphatic rings. The summed E-state index contributed by atoms with van der Waals surface area (Å²) in [5, 5.41) is 30.0. The van der Waals surface area contributed by atoms with Gasteiger partial charge in [0.1, 0.15) is 0 Å². The molecule has 0 unspecified atom stereocenters. The summed E-state index contributed by atoms with van der Waals surface area (Å²) in [7, 11) is 1.43. The van der Waals surface area contributed by atoms with Crippen molar-refractivity contribution in [2.75, 3.05) is 7.11 Å². The number of phenols is 1. The number of ether oxygens (including phenoxy) is 1. The summed E-state index contributed by atoms with van der Waals surface area (Å²) in [6.07, 6.45) is 1.59. The Morgan fingerprint density at radius 1 is 1.43 bits per heavy atom. The highest BCUT2D eigenvalue weighted by molar-refractivity contribution is 14.1. The van der Waals surface area contributed by atoms with Crippen molar-refractivity contribution in [1.29, 1.82) is 5.26 Å². The van der Waals surface area contributed by atoms with Gasteiger partial charge in [0.05, 0.1) is 27.2 Å². The molecule has 0 aliphatic carbocycles. The molecule has 6 nitrogen and oxygen atoms in total. The van der Waals surface area contributed by atoms with Crippen LogP contribution in [0.15, 0.2) is 36.4 Å². The van der Waals surface area contributed by atoms with Crippen LogP contribution in [-0.4, -0.2) is 17.1 Å². The molecule has 0 heterocycles. The maximum Gasteiger partial charge on any atom is 0.270 e. The highest BCUT2D eigenvalue weighted by atomic mass is 127. The first-order valence-electron chi connectivity index (χ1n) is 6.39. The molecule has 0 fully saturated rings. The Labute approximate surface area is 145 Å². The quantitative estimate of drug-likeness (QED) is 0.264. The second kappa shape index (κ2) is 7.11. The van der Waals surface area contributed by atoms with E-state index >= 15 is 0 Å². The number of hydrogen-bond acceptors (Lipinski definition) is 5. The molecule has 116 valence electrons.